The molecule has 0 radical (unpaired) electrons. The molecule has 1 fully saturated rings. The molecule has 2 aromatic heterocycles. The number of furan rings is 1. The van der Waals surface area contributed by atoms with Crippen molar-refractivity contribution in [3.05, 3.63) is 75.4 Å². The van der Waals surface area contributed by atoms with E-state index in [1.807, 2.05) is 38.1 Å². The van der Waals surface area contributed by atoms with E-state index in [0.717, 1.165) is 16.1 Å². The molecule has 1 atom stereocenters. The Hall–Kier alpha value is -3.19. The van der Waals surface area contributed by atoms with E-state index >= 15 is 0 Å². The van der Waals surface area contributed by atoms with Crippen LogP contribution in [0.4, 0.5) is 5.69 Å². The average molecular weight is 423 g/mol. The van der Waals surface area contributed by atoms with E-state index in [4.69, 9.17) is 4.42 Å². The van der Waals surface area contributed by atoms with Gasteiger partial charge < -0.3 is 14.6 Å². The van der Waals surface area contributed by atoms with Crippen LogP contribution in [0.25, 0.3) is 0 Å². The first kappa shape index (κ1) is 20.1. The third-order valence-corrected chi connectivity index (χ3v) is 6.45. The van der Waals surface area contributed by atoms with Crippen LogP contribution in [0.3, 0.4) is 0 Å². The minimum absolute atomic E-state index is 0.0409. The lowest BCUT2D eigenvalue weighted by atomic mass is 10.1. The second-order valence-electron chi connectivity index (χ2n) is 7.46. The summed E-state index contributed by atoms with van der Waals surface area (Å²) in [5.41, 5.74) is 3.11. The van der Waals surface area contributed by atoms with Crippen LogP contribution in [0.15, 0.2) is 53.1 Å². The first-order chi connectivity index (χ1) is 14.4. The lowest BCUT2D eigenvalue weighted by Gasteiger charge is -2.18. The fourth-order valence-corrected chi connectivity index (χ4v) is 4.36. The van der Waals surface area contributed by atoms with Crippen LogP contribution in [0.1, 0.15) is 37.9 Å². The smallest absolute Gasteiger partial charge is 0.238 e. The van der Waals surface area contributed by atoms with Crippen molar-refractivity contribution in [1.29, 1.82) is 0 Å². The maximum Gasteiger partial charge on any atom is 0.238 e. The highest BCUT2D eigenvalue weighted by atomic mass is 32.1. The number of aryl methyl sites for hydroxylation is 2. The number of hydrogen-bond donors (Lipinski definition) is 1. The largest absolute Gasteiger partial charge is 0.461 e. The van der Waals surface area contributed by atoms with Crippen molar-refractivity contribution in [2.75, 3.05) is 11.4 Å². The van der Waals surface area contributed by atoms with Crippen molar-refractivity contribution in [2.45, 2.75) is 26.8 Å². The third kappa shape index (κ3) is 4.07. The van der Waals surface area contributed by atoms with Crippen molar-refractivity contribution in [2.24, 2.45) is 5.92 Å². The van der Waals surface area contributed by atoms with Gasteiger partial charge in [0.25, 0.3) is 0 Å². The topological polar surface area (TPSA) is 79.6 Å². The molecule has 0 spiro atoms. The summed E-state index contributed by atoms with van der Waals surface area (Å²) >= 11 is 1.32. The monoisotopic (exact) mass is 422 g/mol. The Labute approximate surface area is 178 Å². The molecule has 30 heavy (non-hydrogen) atoms. The van der Waals surface area contributed by atoms with Crippen molar-refractivity contribution < 1.29 is 18.8 Å². The second-order valence-corrected chi connectivity index (χ2v) is 8.63. The predicted octanol–water partition coefficient (Wildman–Crippen LogP) is 3.86. The summed E-state index contributed by atoms with van der Waals surface area (Å²) in [7, 11) is 0. The second kappa shape index (κ2) is 8.28. The normalized spacial score (nSPS) is 16.1. The number of carbonyl (C=O) groups is 3. The predicted molar refractivity (Wildman–Crippen MR) is 115 cm³/mol. The number of hydrogen-bond acceptors (Lipinski definition) is 5. The number of thiophene rings is 1. The van der Waals surface area contributed by atoms with Crippen LogP contribution in [0, 0.1) is 19.8 Å². The molecule has 3 aromatic rings. The molecule has 3 heterocycles. The zero-order valence-electron chi connectivity index (χ0n) is 16.8. The summed E-state index contributed by atoms with van der Waals surface area (Å²) in [4.78, 5) is 40.5. The minimum atomic E-state index is -0.386. The molecule has 1 aliphatic heterocycles. The van der Waals surface area contributed by atoms with E-state index in [-0.39, 0.29) is 29.9 Å². The van der Waals surface area contributed by atoms with E-state index in [2.05, 4.69) is 5.32 Å². The molecule has 7 heteroatoms. The zero-order chi connectivity index (χ0) is 21.3. The highest BCUT2D eigenvalue weighted by Crippen LogP contribution is 2.27. The SMILES string of the molecule is Cc1ccc(N2CC(C(=O)NCc3ccc(C(=O)c4ccco4)s3)CC2=O)cc1C. The van der Waals surface area contributed by atoms with Gasteiger partial charge in [-0.1, -0.05) is 6.07 Å². The highest BCUT2D eigenvalue weighted by molar-refractivity contribution is 7.14. The van der Waals surface area contributed by atoms with Crippen LogP contribution in [-0.4, -0.2) is 24.1 Å². The van der Waals surface area contributed by atoms with Crippen molar-refractivity contribution in [1.82, 2.24) is 5.32 Å². The number of amides is 2. The first-order valence-electron chi connectivity index (χ1n) is 9.74. The molecule has 1 saturated heterocycles. The van der Waals surface area contributed by atoms with Gasteiger partial charge in [-0.3, -0.25) is 14.4 Å². The van der Waals surface area contributed by atoms with E-state index in [0.29, 0.717) is 23.7 Å². The number of nitrogens with zero attached hydrogens (tertiary/aromatic N) is 1. The summed E-state index contributed by atoms with van der Waals surface area (Å²) in [6.07, 6.45) is 1.66. The van der Waals surface area contributed by atoms with Crippen LogP contribution >= 0.6 is 11.3 Å². The number of rotatable bonds is 6. The molecule has 1 aromatic carbocycles. The molecule has 4 rings (SSSR count). The Kier molecular flexibility index (Phi) is 5.55. The van der Waals surface area contributed by atoms with Crippen molar-refractivity contribution >= 4 is 34.6 Å². The van der Waals surface area contributed by atoms with Gasteiger partial charge in [0.15, 0.2) is 5.76 Å². The Bertz CT molecular complexity index is 1100. The minimum Gasteiger partial charge on any atom is -0.461 e. The maximum atomic E-state index is 12.6. The molecule has 6 nitrogen and oxygen atoms in total. The molecular weight excluding hydrogens is 400 g/mol. The fraction of sp³-hybridized carbons (Fsp3) is 0.261. The van der Waals surface area contributed by atoms with E-state index in [1.54, 1.807) is 23.1 Å². The van der Waals surface area contributed by atoms with Gasteiger partial charge in [-0.05, 0) is 61.4 Å². The van der Waals surface area contributed by atoms with Gasteiger partial charge in [-0.15, -0.1) is 11.3 Å². The lowest BCUT2D eigenvalue weighted by Crippen LogP contribution is -2.32. The molecule has 154 valence electrons. The number of carbonyl (C=O) groups excluding carboxylic acids is 3. The maximum absolute atomic E-state index is 12.6. The molecule has 0 bridgehead atoms. The number of ketones is 1. The molecule has 1 unspecified atom stereocenters. The van der Waals surface area contributed by atoms with E-state index in [1.165, 1.54) is 23.2 Å². The van der Waals surface area contributed by atoms with Crippen molar-refractivity contribution in [3.63, 3.8) is 0 Å². The van der Waals surface area contributed by atoms with Gasteiger partial charge in [0, 0.05) is 23.5 Å². The summed E-state index contributed by atoms with van der Waals surface area (Å²) in [6.45, 7) is 4.73. The molecule has 1 aliphatic rings. The van der Waals surface area contributed by atoms with Gasteiger partial charge in [-0.25, -0.2) is 0 Å². The fourth-order valence-electron chi connectivity index (χ4n) is 3.47. The van der Waals surface area contributed by atoms with Crippen LogP contribution in [-0.2, 0) is 16.1 Å². The molecular formula is C23H22N2O4S. The summed E-state index contributed by atoms with van der Waals surface area (Å²) in [6, 6.07) is 12.7. The van der Waals surface area contributed by atoms with Crippen LogP contribution in [0.2, 0.25) is 0 Å². The third-order valence-electron chi connectivity index (χ3n) is 5.37. The van der Waals surface area contributed by atoms with Gasteiger partial charge in [0.05, 0.1) is 23.6 Å². The number of anilines is 1. The van der Waals surface area contributed by atoms with Gasteiger partial charge >= 0.3 is 0 Å². The molecule has 1 N–H and O–H groups in total. The van der Waals surface area contributed by atoms with Crippen molar-refractivity contribution in [3.8, 4) is 0 Å². The molecule has 2 amide bonds. The highest BCUT2D eigenvalue weighted by Gasteiger charge is 2.35. The van der Waals surface area contributed by atoms with Gasteiger partial charge in [-0.2, -0.15) is 0 Å². The standard InChI is InChI=1S/C23H22N2O4S/c1-14-5-6-17(10-15(14)2)25-13-16(11-21(25)26)23(28)24-12-18-7-8-20(30-18)22(27)19-4-3-9-29-19/h3-10,16H,11-13H2,1-2H3,(H,24,28). The van der Waals surface area contributed by atoms with Gasteiger partial charge in [0.1, 0.15) is 0 Å². The van der Waals surface area contributed by atoms with Gasteiger partial charge in [0.2, 0.25) is 17.6 Å². The Morgan fingerprint density at radius 1 is 1.17 bits per heavy atom. The quantitative estimate of drug-likeness (QED) is 0.612. The van der Waals surface area contributed by atoms with E-state index in [9.17, 15) is 14.4 Å². The number of benzene rings is 1. The first-order valence-corrected chi connectivity index (χ1v) is 10.6. The molecule has 0 aliphatic carbocycles. The van der Waals surface area contributed by atoms with E-state index < -0.39 is 0 Å². The summed E-state index contributed by atoms with van der Waals surface area (Å²) in [5.74, 6) is -0.456. The number of nitrogens with one attached hydrogen (secondary N) is 1. The average Bonchev–Trinajstić information content (AvgIpc) is 3.48. The summed E-state index contributed by atoms with van der Waals surface area (Å²) < 4.78 is 5.15. The Morgan fingerprint density at radius 2 is 2.00 bits per heavy atom. The zero-order valence-corrected chi connectivity index (χ0v) is 17.6. The lowest BCUT2D eigenvalue weighted by molar-refractivity contribution is -0.126. The molecule has 0 saturated carbocycles. The Balaban J connectivity index is 1.35. The Morgan fingerprint density at radius 3 is 2.73 bits per heavy atom. The summed E-state index contributed by atoms with van der Waals surface area (Å²) in [5, 5.41) is 2.90. The van der Waals surface area contributed by atoms with Crippen LogP contribution in [0.5, 0.6) is 0 Å². The van der Waals surface area contributed by atoms with Crippen LogP contribution < -0.4 is 10.2 Å².